The average molecular weight is 428 g/mol. The maximum atomic E-state index is 12.8. The quantitative estimate of drug-likeness (QED) is 0.662. The van der Waals surface area contributed by atoms with Gasteiger partial charge < -0.3 is 10.2 Å². The Labute approximate surface area is 178 Å². The Balaban J connectivity index is 1.39. The van der Waals surface area contributed by atoms with Gasteiger partial charge in [-0.3, -0.25) is 9.36 Å². The lowest BCUT2D eigenvalue weighted by molar-refractivity contribution is 0.0932. The van der Waals surface area contributed by atoms with Crippen LogP contribution in [0.2, 0.25) is 0 Å². The van der Waals surface area contributed by atoms with E-state index in [1.165, 1.54) is 4.68 Å². The lowest BCUT2D eigenvalue weighted by atomic mass is 10.1. The zero-order valence-electron chi connectivity index (χ0n) is 17.3. The minimum atomic E-state index is -0.145. The van der Waals surface area contributed by atoms with E-state index in [1.807, 2.05) is 37.4 Å². The van der Waals surface area contributed by atoms with E-state index in [2.05, 4.69) is 20.4 Å². The van der Waals surface area contributed by atoms with E-state index >= 15 is 0 Å². The van der Waals surface area contributed by atoms with E-state index in [4.69, 9.17) is 0 Å². The number of thiazole rings is 1. The maximum absolute atomic E-state index is 12.8. The number of hydrogen-bond donors (Lipinski definition) is 1. The van der Waals surface area contributed by atoms with Gasteiger partial charge in [0.25, 0.3) is 5.91 Å². The number of anilines is 1. The second-order valence-electron chi connectivity index (χ2n) is 7.66. The van der Waals surface area contributed by atoms with Crippen molar-refractivity contribution in [2.24, 2.45) is 0 Å². The number of nitrogens with zero attached hydrogens (tertiary/aromatic N) is 6. The smallest absolute Gasteiger partial charge is 0.346 e. The largest absolute Gasteiger partial charge is 0.363 e. The fraction of sp³-hybridized carbons (Fsp3) is 0.450. The first-order valence-electron chi connectivity index (χ1n) is 9.92. The van der Waals surface area contributed by atoms with Gasteiger partial charge in [-0.25, -0.2) is 19.4 Å². The van der Waals surface area contributed by atoms with Crippen molar-refractivity contribution in [3.8, 4) is 0 Å². The highest BCUT2D eigenvalue weighted by molar-refractivity contribution is 7.09. The van der Waals surface area contributed by atoms with E-state index in [9.17, 15) is 9.59 Å². The van der Waals surface area contributed by atoms with Gasteiger partial charge in [0.2, 0.25) is 0 Å². The predicted octanol–water partition coefficient (Wildman–Crippen LogP) is 1.45. The molecule has 1 atom stereocenters. The summed E-state index contributed by atoms with van der Waals surface area (Å²) in [5.41, 5.74) is 1.27. The molecule has 3 aromatic rings. The van der Waals surface area contributed by atoms with Crippen LogP contribution >= 0.6 is 11.3 Å². The number of rotatable bonds is 5. The number of aromatic nitrogens is 5. The van der Waals surface area contributed by atoms with Gasteiger partial charge in [0.05, 0.1) is 22.8 Å². The molecule has 1 unspecified atom stereocenters. The van der Waals surface area contributed by atoms with Crippen molar-refractivity contribution >= 4 is 23.1 Å². The molecule has 0 aliphatic carbocycles. The highest BCUT2D eigenvalue weighted by Gasteiger charge is 2.23. The van der Waals surface area contributed by atoms with E-state index in [0.29, 0.717) is 31.5 Å². The Hall–Kier alpha value is -3.01. The van der Waals surface area contributed by atoms with Crippen molar-refractivity contribution in [2.45, 2.75) is 45.3 Å². The van der Waals surface area contributed by atoms with Crippen LogP contribution in [0.3, 0.4) is 0 Å². The number of fused-ring (bicyclic) bond motifs is 1. The minimum Gasteiger partial charge on any atom is -0.363 e. The molecule has 1 aliphatic heterocycles. The molecule has 4 heterocycles. The van der Waals surface area contributed by atoms with Gasteiger partial charge in [-0.05, 0) is 31.9 Å². The highest BCUT2D eigenvalue weighted by Crippen LogP contribution is 2.14. The van der Waals surface area contributed by atoms with Gasteiger partial charge in [0.1, 0.15) is 11.6 Å². The van der Waals surface area contributed by atoms with Gasteiger partial charge in [0.15, 0.2) is 0 Å². The average Bonchev–Trinajstić information content (AvgIpc) is 3.19. The summed E-state index contributed by atoms with van der Waals surface area (Å²) in [6, 6.07) is 3.59. The fourth-order valence-corrected chi connectivity index (χ4v) is 4.17. The van der Waals surface area contributed by atoms with Crippen LogP contribution in [0.5, 0.6) is 0 Å². The molecule has 3 aromatic heterocycles. The molecule has 9 nitrogen and oxygen atoms in total. The van der Waals surface area contributed by atoms with Crippen LogP contribution in [0, 0.1) is 6.92 Å². The highest BCUT2D eigenvalue weighted by atomic mass is 32.1. The van der Waals surface area contributed by atoms with Crippen molar-refractivity contribution in [1.82, 2.24) is 29.6 Å². The molecular formula is C20H25N7O2S. The summed E-state index contributed by atoms with van der Waals surface area (Å²) >= 11 is 1.57. The normalized spacial score (nSPS) is 16.0. The Kier molecular flexibility index (Phi) is 5.67. The van der Waals surface area contributed by atoms with Gasteiger partial charge in [0, 0.05) is 44.7 Å². The third kappa shape index (κ3) is 4.28. The van der Waals surface area contributed by atoms with Crippen molar-refractivity contribution < 1.29 is 4.79 Å². The maximum Gasteiger partial charge on any atom is 0.346 e. The van der Waals surface area contributed by atoms with Crippen LogP contribution in [0.25, 0.3) is 0 Å². The first kappa shape index (κ1) is 20.3. The first-order valence-corrected chi connectivity index (χ1v) is 10.8. The number of pyridine rings is 1. The summed E-state index contributed by atoms with van der Waals surface area (Å²) in [6.45, 7) is 2.87. The SMILES string of the molecule is Cc1nc(Cn2nc3n(c2=O)CCC(NC(=O)c2ccc(N(C)C)nc2)CC3)cs1. The van der Waals surface area contributed by atoms with Crippen LogP contribution in [0.1, 0.15) is 39.7 Å². The monoisotopic (exact) mass is 427 g/mol. The molecule has 1 aliphatic rings. The molecule has 0 spiro atoms. The molecule has 0 radical (unpaired) electrons. The molecule has 4 rings (SSSR count). The van der Waals surface area contributed by atoms with E-state index in [1.54, 1.807) is 28.2 Å². The number of nitrogens with one attached hydrogen (secondary N) is 1. The van der Waals surface area contributed by atoms with Gasteiger partial charge in [-0.1, -0.05) is 0 Å². The lowest BCUT2D eigenvalue weighted by Gasteiger charge is -2.16. The molecule has 30 heavy (non-hydrogen) atoms. The summed E-state index contributed by atoms with van der Waals surface area (Å²) in [5, 5.41) is 10.5. The molecule has 0 bridgehead atoms. The second kappa shape index (κ2) is 8.39. The summed E-state index contributed by atoms with van der Waals surface area (Å²) in [5.74, 6) is 1.42. The molecule has 0 aromatic carbocycles. The van der Waals surface area contributed by atoms with E-state index in [-0.39, 0.29) is 17.6 Å². The Morgan fingerprint density at radius 1 is 1.33 bits per heavy atom. The summed E-state index contributed by atoms with van der Waals surface area (Å²) in [6.07, 6.45) is 3.65. The zero-order valence-corrected chi connectivity index (χ0v) is 18.1. The Morgan fingerprint density at radius 3 is 2.83 bits per heavy atom. The number of carbonyl (C=O) groups excluding carboxylic acids is 1. The molecule has 1 N–H and O–H groups in total. The molecule has 10 heteroatoms. The second-order valence-corrected chi connectivity index (χ2v) is 8.73. The number of amides is 1. The van der Waals surface area contributed by atoms with Crippen molar-refractivity contribution in [1.29, 1.82) is 0 Å². The molecule has 158 valence electrons. The third-order valence-electron chi connectivity index (χ3n) is 5.20. The molecule has 0 fully saturated rings. The van der Waals surface area contributed by atoms with E-state index in [0.717, 1.165) is 28.8 Å². The van der Waals surface area contributed by atoms with Crippen LogP contribution in [0.4, 0.5) is 5.82 Å². The number of carbonyl (C=O) groups is 1. The Morgan fingerprint density at radius 2 is 2.17 bits per heavy atom. The molecule has 0 saturated carbocycles. The van der Waals surface area contributed by atoms with Crippen molar-refractivity contribution in [3.05, 3.63) is 56.3 Å². The molecule has 1 amide bonds. The lowest BCUT2D eigenvalue weighted by Crippen LogP contribution is -2.36. The van der Waals surface area contributed by atoms with Crippen molar-refractivity contribution in [3.63, 3.8) is 0 Å². The van der Waals surface area contributed by atoms with E-state index < -0.39 is 0 Å². The minimum absolute atomic E-state index is 0.0123. The number of aryl methyl sites for hydroxylation is 2. The molecular weight excluding hydrogens is 402 g/mol. The number of hydrogen-bond acceptors (Lipinski definition) is 7. The first-order chi connectivity index (χ1) is 14.4. The standard InChI is InChI=1S/C20H25N7O2S/c1-13-22-16(12-30-13)11-27-20(29)26-9-8-15(5-7-18(26)24-27)23-19(28)14-4-6-17(21-10-14)25(2)3/h4,6,10,12,15H,5,7-9,11H2,1-3H3,(H,23,28). The van der Waals surface area contributed by atoms with Gasteiger partial charge in [-0.15, -0.1) is 11.3 Å². The van der Waals surface area contributed by atoms with Crippen molar-refractivity contribution in [2.75, 3.05) is 19.0 Å². The van der Waals surface area contributed by atoms with Crippen LogP contribution in [0.15, 0.2) is 28.5 Å². The zero-order chi connectivity index (χ0) is 21.3. The summed E-state index contributed by atoms with van der Waals surface area (Å²) in [7, 11) is 3.81. The van der Waals surface area contributed by atoms with Crippen LogP contribution < -0.4 is 15.9 Å². The third-order valence-corrected chi connectivity index (χ3v) is 6.02. The summed E-state index contributed by atoms with van der Waals surface area (Å²) < 4.78 is 3.21. The Bertz CT molecular complexity index is 1100. The fourth-order valence-electron chi connectivity index (χ4n) is 3.56. The van der Waals surface area contributed by atoms with Crippen LogP contribution in [-0.2, 0) is 19.5 Å². The van der Waals surface area contributed by atoms with Gasteiger partial charge in [-0.2, -0.15) is 5.10 Å². The summed E-state index contributed by atoms with van der Waals surface area (Å²) in [4.78, 5) is 35.9. The molecule has 0 saturated heterocycles. The predicted molar refractivity (Wildman–Crippen MR) is 115 cm³/mol. The van der Waals surface area contributed by atoms with Crippen LogP contribution in [-0.4, -0.2) is 50.4 Å². The topological polar surface area (TPSA) is 97.9 Å². The van der Waals surface area contributed by atoms with Gasteiger partial charge >= 0.3 is 5.69 Å².